The van der Waals surface area contributed by atoms with Crippen LogP contribution in [0.5, 0.6) is 5.75 Å². The van der Waals surface area contributed by atoms with E-state index in [2.05, 4.69) is 5.32 Å². The highest BCUT2D eigenvalue weighted by molar-refractivity contribution is 5.84. The molecule has 122 valence electrons. The molecule has 0 heterocycles. The van der Waals surface area contributed by atoms with Gasteiger partial charge in [-0.05, 0) is 23.5 Å². The molecule has 5 nitrogen and oxygen atoms in total. The fourth-order valence-electron chi connectivity index (χ4n) is 2.38. The summed E-state index contributed by atoms with van der Waals surface area (Å²) in [6, 6.07) is 6.69. The van der Waals surface area contributed by atoms with Gasteiger partial charge in [-0.2, -0.15) is 0 Å². The molecule has 0 saturated heterocycles. The quantitative estimate of drug-likeness (QED) is 0.774. The molecular weight excluding hydrogens is 282 g/mol. The highest BCUT2D eigenvalue weighted by Crippen LogP contribution is 2.28. The first-order valence-corrected chi connectivity index (χ1v) is 7.55. The molecule has 0 bridgehead atoms. The van der Waals surface area contributed by atoms with Gasteiger partial charge in [-0.25, -0.2) is 4.79 Å². The van der Waals surface area contributed by atoms with E-state index in [1.165, 1.54) is 0 Å². The average molecular weight is 307 g/mol. The predicted octanol–water partition coefficient (Wildman–Crippen LogP) is 2.80. The van der Waals surface area contributed by atoms with Crippen molar-refractivity contribution >= 4 is 11.9 Å². The largest absolute Gasteiger partial charge is 0.496 e. The number of ether oxygens (including phenoxy) is 1. The first-order valence-electron chi connectivity index (χ1n) is 7.55. The molecule has 3 atom stereocenters. The molecule has 0 radical (unpaired) electrons. The minimum absolute atomic E-state index is 0.0532. The van der Waals surface area contributed by atoms with Gasteiger partial charge in [-0.15, -0.1) is 0 Å². The van der Waals surface area contributed by atoms with E-state index in [0.717, 1.165) is 11.3 Å². The molecule has 0 fully saturated rings. The summed E-state index contributed by atoms with van der Waals surface area (Å²) in [6.45, 7) is 5.66. The highest BCUT2D eigenvalue weighted by atomic mass is 16.5. The van der Waals surface area contributed by atoms with E-state index in [1.54, 1.807) is 7.11 Å². The smallest absolute Gasteiger partial charge is 0.326 e. The minimum atomic E-state index is -0.993. The first-order chi connectivity index (χ1) is 10.4. The monoisotopic (exact) mass is 307 g/mol. The Labute approximate surface area is 131 Å². The Morgan fingerprint density at radius 1 is 1.27 bits per heavy atom. The second-order valence-electron chi connectivity index (χ2n) is 5.62. The van der Waals surface area contributed by atoms with Crippen LogP contribution in [-0.4, -0.2) is 30.1 Å². The topological polar surface area (TPSA) is 75.6 Å². The number of carboxylic acid groups (broad SMARTS) is 1. The van der Waals surface area contributed by atoms with Crippen LogP contribution in [0.1, 0.15) is 45.1 Å². The van der Waals surface area contributed by atoms with Gasteiger partial charge in [0.15, 0.2) is 0 Å². The standard InChI is InChI=1S/C17H25NO4/c1-5-11(2)16(17(20)21)18-15(19)10-12(3)13-8-6-7-9-14(13)22-4/h6-9,11-12,16H,5,10H2,1-4H3,(H,18,19)(H,20,21)/t11-,12-,16+/m0/s1. The van der Waals surface area contributed by atoms with Crippen molar-refractivity contribution in [2.75, 3.05) is 7.11 Å². The molecule has 0 aromatic heterocycles. The maximum absolute atomic E-state index is 12.1. The molecule has 1 aromatic carbocycles. The van der Waals surface area contributed by atoms with Gasteiger partial charge < -0.3 is 15.2 Å². The van der Waals surface area contributed by atoms with Gasteiger partial charge in [-0.1, -0.05) is 45.4 Å². The maximum atomic E-state index is 12.1. The molecule has 0 aliphatic carbocycles. The number of para-hydroxylation sites is 1. The van der Waals surface area contributed by atoms with Crippen molar-refractivity contribution in [3.05, 3.63) is 29.8 Å². The number of benzene rings is 1. The Hall–Kier alpha value is -2.04. The zero-order valence-electron chi connectivity index (χ0n) is 13.6. The maximum Gasteiger partial charge on any atom is 0.326 e. The molecule has 0 aliphatic rings. The minimum Gasteiger partial charge on any atom is -0.496 e. The second-order valence-corrected chi connectivity index (χ2v) is 5.62. The lowest BCUT2D eigenvalue weighted by atomic mass is 9.95. The van der Waals surface area contributed by atoms with E-state index in [-0.39, 0.29) is 24.2 Å². The molecule has 0 saturated carbocycles. The van der Waals surface area contributed by atoms with Crippen LogP contribution in [0.3, 0.4) is 0 Å². The van der Waals surface area contributed by atoms with E-state index in [0.29, 0.717) is 6.42 Å². The van der Waals surface area contributed by atoms with E-state index in [9.17, 15) is 14.7 Å². The Bertz CT molecular complexity index is 515. The fourth-order valence-corrected chi connectivity index (χ4v) is 2.38. The van der Waals surface area contributed by atoms with E-state index < -0.39 is 12.0 Å². The number of amides is 1. The van der Waals surface area contributed by atoms with Crippen molar-refractivity contribution in [2.45, 2.75) is 45.6 Å². The van der Waals surface area contributed by atoms with Crippen LogP contribution in [-0.2, 0) is 9.59 Å². The Kier molecular flexibility index (Phi) is 6.89. The van der Waals surface area contributed by atoms with Crippen LogP contribution in [0, 0.1) is 5.92 Å². The Morgan fingerprint density at radius 3 is 2.45 bits per heavy atom. The van der Waals surface area contributed by atoms with Gasteiger partial charge in [0.25, 0.3) is 0 Å². The fraction of sp³-hybridized carbons (Fsp3) is 0.529. The summed E-state index contributed by atoms with van der Waals surface area (Å²) in [5.41, 5.74) is 0.940. The van der Waals surface area contributed by atoms with Crippen LogP contribution in [0.4, 0.5) is 0 Å². The third-order valence-corrected chi connectivity index (χ3v) is 3.96. The van der Waals surface area contributed by atoms with Crippen LogP contribution >= 0.6 is 0 Å². The molecule has 5 heteroatoms. The Morgan fingerprint density at radius 2 is 1.91 bits per heavy atom. The van der Waals surface area contributed by atoms with Gasteiger partial charge in [-0.3, -0.25) is 4.79 Å². The van der Waals surface area contributed by atoms with Crippen LogP contribution < -0.4 is 10.1 Å². The van der Waals surface area contributed by atoms with Crippen molar-refractivity contribution in [1.29, 1.82) is 0 Å². The average Bonchev–Trinajstić information content (AvgIpc) is 2.51. The molecule has 0 aliphatic heterocycles. The van der Waals surface area contributed by atoms with Gasteiger partial charge >= 0.3 is 5.97 Å². The van der Waals surface area contributed by atoms with Crippen LogP contribution in [0.15, 0.2) is 24.3 Å². The SMILES string of the molecule is CC[C@H](C)[C@@H](NC(=O)C[C@H](C)c1ccccc1OC)C(=O)O. The van der Waals surface area contributed by atoms with E-state index in [4.69, 9.17) is 4.74 Å². The molecule has 0 spiro atoms. The summed E-state index contributed by atoms with van der Waals surface area (Å²) >= 11 is 0. The molecule has 1 rings (SSSR count). The van der Waals surface area contributed by atoms with Crippen molar-refractivity contribution in [3.8, 4) is 5.75 Å². The third kappa shape index (κ3) is 4.76. The number of methoxy groups -OCH3 is 1. The molecule has 1 aromatic rings. The summed E-state index contributed by atoms with van der Waals surface area (Å²) < 4.78 is 5.30. The highest BCUT2D eigenvalue weighted by Gasteiger charge is 2.26. The van der Waals surface area contributed by atoms with Crippen LogP contribution in [0.2, 0.25) is 0 Å². The van der Waals surface area contributed by atoms with Crippen molar-refractivity contribution in [3.63, 3.8) is 0 Å². The number of carbonyl (C=O) groups is 2. The lowest BCUT2D eigenvalue weighted by Gasteiger charge is -2.21. The van der Waals surface area contributed by atoms with Gasteiger partial charge in [0, 0.05) is 6.42 Å². The first kappa shape index (κ1) is 18.0. The number of hydrogen-bond acceptors (Lipinski definition) is 3. The predicted molar refractivity (Wildman–Crippen MR) is 85.0 cm³/mol. The lowest BCUT2D eigenvalue weighted by Crippen LogP contribution is -2.45. The molecule has 22 heavy (non-hydrogen) atoms. The summed E-state index contributed by atoms with van der Waals surface area (Å²) in [4.78, 5) is 23.4. The number of carboxylic acids is 1. The van der Waals surface area contributed by atoms with Crippen molar-refractivity contribution in [1.82, 2.24) is 5.32 Å². The Balaban J connectivity index is 2.73. The molecule has 0 unspecified atom stereocenters. The van der Waals surface area contributed by atoms with Crippen molar-refractivity contribution < 1.29 is 19.4 Å². The van der Waals surface area contributed by atoms with E-state index >= 15 is 0 Å². The van der Waals surface area contributed by atoms with Crippen LogP contribution in [0.25, 0.3) is 0 Å². The molecular formula is C17H25NO4. The number of hydrogen-bond donors (Lipinski definition) is 2. The normalized spacial score (nSPS) is 14.7. The van der Waals surface area contributed by atoms with Crippen molar-refractivity contribution in [2.24, 2.45) is 5.92 Å². The summed E-state index contributed by atoms with van der Waals surface area (Å²) in [5, 5.41) is 11.8. The summed E-state index contributed by atoms with van der Waals surface area (Å²) in [7, 11) is 1.59. The number of aliphatic carboxylic acids is 1. The molecule has 2 N–H and O–H groups in total. The zero-order valence-corrected chi connectivity index (χ0v) is 13.6. The third-order valence-electron chi connectivity index (χ3n) is 3.96. The number of nitrogens with one attached hydrogen (secondary N) is 1. The van der Waals surface area contributed by atoms with Gasteiger partial charge in [0.1, 0.15) is 11.8 Å². The second kappa shape index (κ2) is 8.41. The molecule has 1 amide bonds. The van der Waals surface area contributed by atoms with E-state index in [1.807, 2.05) is 45.0 Å². The summed E-state index contributed by atoms with van der Waals surface area (Å²) in [5.74, 6) is -0.677. The zero-order chi connectivity index (χ0) is 16.7. The number of carbonyl (C=O) groups excluding carboxylic acids is 1. The number of rotatable bonds is 8. The van der Waals surface area contributed by atoms with Gasteiger partial charge in [0.05, 0.1) is 7.11 Å². The summed E-state index contributed by atoms with van der Waals surface area (Å²) in [6.07, 6.45) is 0.917. The lowest BCUT2D eigenvalue weighted by molar-refractivity contribution is -0.143. The van der Waals surface area contributed by atoms with Gasteiger partial charge in [0.2, 0.25) is 5.91 Å².